The molecule has 38 heavy (non-hydrogen) atoms. The Morgan fingerprint density at radius 1 is 1.16 bits per heavy atom. The van der Waals surface area contributed by atoms with E-state index in [2.05, 4.69) is 15.0 Å². The quantitative estimate of drug-likeness (QED) is 0.441. The number of amides is 2. The molecule has 1 aliphatic heterocycles. The van der Waals surface area contributed by atoms with E-state index >= 15 is 0 Å². The first kappa shape index (κ1) is 27.3. The van der Waals surface area contributed by atoms with Gasteiger partial charge in [0.15, 0.2) is 11.5 Å². The minimum Gasteiger partial charge on any atom is -0.489 e. The van der Waals surface area contributed by atoms with Crippen LogP contribution in [0.15, 0.2) is 36.4 Å². The molecule has 11 heteroatoms. The minimum absolute atomic E-state index is 0.0438. The van der Waals surface area contributed by atoms with Gasteiger partial charge in [0, 0.05) is 19.4 Å². The maximum atomic E-state index is 13.1. The van der Waals surface area contributed by atoms with Crippen molar-refractivity contribution in [2.24, 2.45) is 5.92 Å². The highest BCUT2D eigenvalue weighted by atomic mass is 19.3. The summed E-state index contributed by atoms with van der Waals surface area (Å²) in [4.78, 5) is 43.1. The summed E-state index contributed by atoms with van der Waals surface area (Å²) in [5, 5.41) is 2.80. The second-order valence-electron chi connectivity index (χ2n) is 9.41. The van der Waals surface area contributed by atoms with Crippen molar-refractivity contribution in [2.75, 3.05) is 19.8 Å². The zero-order valence-corrected chi connectivity index (χ0v) is 21.3. The van der Waals surface area contributed by atoms with Gasteiger partial charge in [-0.05, 0) is 61.9 Å². The number of aromatic nitrogens is 1. The van der Waals surface area contributed by atoms with E-state index in [4.69, 9.17) is 9.47 Å². The molecule has 204 valence electrons. The first-order valence-electron chi connectivity index (χ1n) is 12.6. The lowest BCUT2D eigenvalue weighted by Gasteiger charge is -2.22. The number of nitrogens with zero attached hydrogens (tertiary/aromatic N) is 2. The Morgan fingerprint density at radius 3 is 2.63 bits per heavy atom. The van der Waals surface area contributed by atoms with Crippen LogP contribution in [0.25, 0.3) is 0 Å². The number of likely N-dealkylation sites (tertiary alicyclic amines) is 1. The largest absolute Gasteiger partial charge is 0.489 e. The molecule has 1 unspecified atom stereocenters. The van der Waals surface area contributed by atoms with Crippen LogP contribution < -0.4 is 14.8 Å². The number of nitrogens with one attached hydrogen (secondary N) is 1. The fourth-order valence-electron chi connectivity index (χ4n) is 4.44. The first-order chi connectivity index (χ1) is 18.2. The number of esters is 1. The van der Waals surface area contributed by atoms with Crippen molar-refractivity contribution >= 4 is 17.8 Å². The third-order valence-corrected chi connectivity index (χ3v) is 6.57. The van der Waals surface area contributed by atoms with Crippen molar-refractivity contribution in [3.8, 4) is 11.5 Å². The van der Waals surface area contributed by atoms with Crippen LogP contribution in [0.2, 0.25) is 0 Å². The number of benzene rings is 1. The summed E-state index contributed by atoms with van der Waals surface area (Å²) in [6, 6.07) is 8.90. The summed E-state index contributed by atoms with van der Waals surface area (Å²) >= 11 is 0. The lowest BCUT2D eigenvalue weighted by molar-refractivity contribution is -0.136. The van der Waals surface area contributed by atoms with Crippen LogP contribution in [0, 0.1) is 5.92 Å². The topological polar surface area (TPSA) is 107 Å². The van der Waals surface area contributed by atoms with E-state index in [9.17, 15) is 23.2 Å². The fourth-order valence-corrected chi connectivity index (χ4v) is 4.44. The monoisotopic (exact) mass is 531 g/mol. The maximum Gasteiger partial charge on any atom is 0.387 e. The molecule has 2 heterocycles. The summed E-state index contributed by atoms with van der Waals surface area (Å²) < 4.78 is 41.1. The van der Waals surface area contributed by atoms with E-state index in [-0.39, 0.29) is 48.1 Å². The second-order valence-corrected chi connectivity index (χ2v) is 9.41. The van der Waals surface area contributed by atoms with Gasteiger partial charge in [-0.3, -0.25) is 9.59 Å². The normalized spacial score (nSPS) is 18.8. The molecule has 2 amide bonds. The highest BCUT2D eigenvalue weighted by Crippen LogP contribution is 2.39. The van der Waals surface area contributed by atoms with Gasteiger partial charge in [-0.25, -0.2) is 9.78 Å². The number of hydrogen-bond acceptors (Lipinski definition) is 7. The average Bonchev–Trinajstić information content (AvgIpc) is 3.61. The van der Waals surface area contributed by atoms with Crippen LogP contribution in [0.5, 0.6) is 11.5 Å². The Bertz CT molecular complexity index is 1170. The number of carbonyl (C=O) groups excluding carboxylic acids is 3. The second kappa shape index (κ2) is 12.2. The van der Waals surface area contributed by atoms with Gasteiger partial charge in [-0.2, -0.15) is 8.78 Å². The number of ether oxygens (including phenoxy) is 3. The van der Waals surface area contributed by atoms with Gasteiger partial charge < -0.3 is 24.4 Å². The number of rotatable bonds is 11. The zero-order valence-electron chi connectivity index (χ0n) is 21.3. The third-order valence-electron chi connectivity index (χ3n) is 6.57. The fraction of sp³-hybridized carbons (Fsp3) is 0.481. The average molecular weight is 532 g/mol. The summed E-state index contributed by atoms with van der Waals surface area (Å²) in [6.45, 7) is 1.12. The molecule has 0 spiro atoms. The van der Waals surface area contributed by atoms with Gasteiger partial charge in [0.1, 0.15) is 11.7 Å². The predicted octanol–water partition coefficient (Wildman–Crippen LogP) is 3.67. The van der Waals surface area contributed by atoms with Crippen molar-refractivity contribution in [1.29, 1.82) is 0 Å². The molecule has 4 rings (SSSR count). The smallest absolute Gasteiger partial charge is 0.387 e. The van der Waals surface area contributed by atoms with Crippen molar-refractivity contribution in [3.05, 3.63) is 53.3 Å². The third kappa shape index (κ3) is 6.96. The van der Waals surface area contributed by atoms with Crippen molar-refractivity contribution < 1.29 is 37.4 Å². The van der Waals surface area contributed by atoms with Crippen LogP contribution in [-0.4, -0.2) is 60.1 Å². The van der Waals surface area contributed by atoms with Crippen molar-refractivity contribution in [3.63, 3.8) is 0 Å². The number of halogens is 2. The number of hydrogen-bond donors (Lipinski definition) is 1. The Kier molecular flexibility index (Phi) is 8.75. The molecular formula is C27H31F2N3O6. The van der Waals surface area contributed by atoms with E-state index in [1.54, 1.807) is 31.2 Å². The minimum atomic E-state index is -2.98. The SMILES string of the molecule is CCOC(=O)c1cccc(CNC(=O)[C@H]2CC(c3ccc(OC(F)F)c(OCC4CC4)c3)CN2C(C)=O)n1. The number of pyridine rings is 1. The van der Waals surface area contributed by atoms with Crippen LogP contribution in [-0.2, 0) is 20.9 Å². The maximum absolute atomic E-state index is 13.1. The van der Waals surface area contributed by atoms with Gasteiger partial charge in [-0.15, -0.1) is 0 Å². The molecule has 1 saturated carbocycles. The molecule has 9 nitrogen and oxygen atoms in total. The van der Waals surface area contributed by atoms with E-state index in [1.807, 2.05) is 0 Å². The molecule has 2 fully saturated rings. The van der Waals surface area contributed by atoms with Crippen molar-refractivity contribution in [2.45, 2.75) is 58.2 Å². The Morgan fingerprint density at radius 2 is 1.95 bits per heavy atom. The molecule has 1 saturated heterocycles. The van der Waals surface area contributed by atoms with Crippen LogP contribution in [0.4, 0.5) is 8.78 Å². The van der Waals surface area contributed by atoms with E-state index in [0.29, 0.717) is 31.2 Å². The lowest BCUT2D eigenvalue weighted by atomic mass is 9.95. The molecule has 1 aromatic heterocycles. The molecular weight excluding hydrogens is 500 g/mol. The van der Waals surface area contributed by atoms with Gasteiger partial charge in [0.2, 0.25) is 11.8 Å². The molecule has 0 radical (unpaired) electrons. The van der Waals surface area contributed by atoms with Gasteiger partial charge >= 0.3 is 12.6 Å². The van der Waals surface area contributed by atoms with Crippen LogP contribution in [0.1, 0.15) is 60.8 Å². The van der Waals surface area contributed by atoms with Gasteiger partial charge in [0.05, 0.1) is 25.5 Å². The van der Waals surface area contributed by atoms with Crippen LogP contribution >= 0.6 is 0 Å². The molecule has 2 atom stereocenters. The Balaban J connectivity index is 1.45. The highest BCUT2D eigenvalue weighted by molar-refractivity contribution is 5.88. The zero-order chi connectivity index (χ0) is 27.2. The number of alkyl halides is 2. The molecule has 1 aliphatic carbocycles. The summed E-state index contributed by atoms with van der Waals surface area (Å²) in [5.41, 5.74) is 1.38. The standard InChI is InChI=1S/C27H31F2N3O6/c1-3-36-26(35)21-6-4-5-20(31-21)13-30-25(34)22-11-19(14-32(22)16(2)33)18-9-10-23(38-27(28)29)24(12-18)37-15-17-7-8-17/h4-6,9-10,12,17,19,22,27H,3,7-8,11,13-15H2,1-2H3,(H,30,34)/t19?,22-/m1/s1. The summed E-state index contributed by atoms with van der Waals surface area (Å²) in [5.74, 6) is -0.761. The van der Waals surface area contributed by atoms with Crippen molar-refractivity contribution in [1.82, 2.24) is 15.2 Å². The highest BCUT2D eigenvalue weighted by Gasteiger charge is 2.39. The summed E-state index contributed by atoms with van der Waals surface area (Å²) in [7, 11) is 0. The molecule has 2 aliphatic rings. The molecule has 2 aromatic rings. The predicted molar refractivity (Wildman–Crippen MR) is 132 cm³/mol. The lowest BCUT2D eigenvalue weighted by Crippen LogP contribution is -2.45. The Hall–Kier alpha value is -3.76. The Labute approximate surface area is 219 Å². The van der Waals surface area contributed by atoms with Crippen LogP contribution in [0.3, 0.4) is 0 Å². The first-order valence-corrected chi connectivity index (χ1v) is 12.6. The van der Waals surface area contributed by atoms with E-state index in [1.165, 1.54) is 24.0 Å². The van der Waals surface area contributed by atoms with E-state index in [0.717, 1.165) is 18.4 Å². The number of carbonyl (C=O) groups is 3. The summed E-state index contributed by atoms with van der Waals surface area (Å²) in [6.07, 6.45) is 2.43. The van der Waals surface area contributed by atoms with E-state index < -0.39 is 18.6 Å². The molecule has 1 N–H and O–H groups in total. The van der Waals surface area contributed by atoms with Gasteiger partial charge in [-0.1, -0.05) is 12.1 Å². The molecule has 0 bridgehead atoms. The molecule has 1 aromatic carbocycles. The van der Waals surface area contributed by atoms with Gasteiger partial charge in [0.25, 0.3) is 0 Å².